The summed E-state index contributed by atoms with van der Waals surface area (Å²) in [5.41, 5.74) is 3.27. The summed E-state index contributed by atoms with van der Waals surface area (Å²) in [6.07, 6.45) is 0.206. The third-order valence-corrected chi connectivity index (χ3v) is 7.94. The average Bonchev–Trinajstić information content (AvgIpc) is 3.74. The van der Waals surface area contributed by atoms with Gasteiger partial charge < -0.3 is 20.8 Å². The number of sulfonamides is 1. The third-order valence-electron chi connectivity index (χ3n) is 7.15. The zero-order chi connectivity index (χ0) is 37.7. The van der Waals surface area contributed by atoms with Crippen molar-refractivity contribution in [3.63, 3.8) is 0 Å². The summed E-state index contributed by atoms with van der Waals surface area (Å²) in [5, 5.41) is 36.2. The number of tetrazole rings is 1. The minimum atomic E-state index is -3.84. The lowest BCUT2D eigenvalue weighted by Gasteiger charge is -2.31. The molecule has 0 fully saturated rings. The maximum atomic E-state index is 14.1. The van der Waals surface area contributed by atoms with Crippen molar-refractivity contribution in [2.24, 2.45) is 0 Å². The fraction of sp³-hybridized carbons (Fsp3) is 0.100. The van der Waals surface area contributed by atoms with Gasteiger partial charge in [-0.3, -0.25) is 19.8 Å². The number of carbonyl (C=O) groups excluding carboxylic acids is 4. The number of aromatic carboxylic acids is 1. The zero-order valence-corrected chi connectivity index (χ0v) is 28.0. The van der Waals surface area contributed by atoms with Crippen LogP contribution in [0.2, 0.25) is 5.02 Å². The molecule has 0 saturated heterocycles. The number of hydrogen-bond acceptors (Lipinski definition) is 12. The maximum Gasteiger partial charge on any atom is 0.416 e. The number of urea groups is 1. The number of carboxylic acids is 1. The van der Waals surface area contributed by atoms with Gasteiger partial charge in [-0.2, -0.15) is 4.68 Å². The molecule has 1 atom stereocenters. The molecule has 4 amide bonds. The Bertz CT molecular complexity index is 2330. The number of halogens is 1. The van der Waals surface area contributed by atoms with E-state index in [0.29, 0.717) is 10.1 Å². The van der Waals surface area contributed by atoms with E-state index in [1.165, 1.54) is 71.7 Å². The molecule has 0 saturated carbocycles. The third kappa shape index (κ3) is 8.46. The topological polar surface area (TPSA) is 277 Å². The zero-order valence-electron chi connectivity index (χ0n) is 26.4. The molecule has 5 aromatic rings. The highest BCUT2D eigenvalue weighted by Crippen LogP contribution is 2.27. The number of nitrogens with one attached hydrogen (secondary N) is 4. The van der Waals surface area contributed by atoms with E-state index in [1.807, 2.05) is 0 Å². The molecule has 0 radical (unpaired) electrons. The van der Waals surface area contributed by atoms with E-state index in [9.17, 15) is 47.4 Å². The number of benzene rings is 3. The van der Waals surface area contributed by atoms with E-state index in [1.54, 1.807) is 4.72 Å². The Labute approximate surface area is 297 Å². The van der Waals surface area contributed by atoms with Crippen molar-refractivity contribution in [3.8, 4) is 5.69 Å². The van der Waals surface area contributed by atoms with Crippen LogP contribution in [0.5, 0.6) is 0 Å². The number of carbonyl (C=O) groups is 6. The lowest BCUT2D eigenvalue weighted by Crippen LogP contribution is -2.52. The summed E-state index contributed by atoms with van der Waals surface area (Å²) in [5.74, 6) is -3.56. The van der Waals surface area contributed by atoms with Crippen molar-refractivity contribution in [3.05, 3.63) is 89.3 Å². The lowest BCUT2D eigenvalue weighted by molar-refractivity contribution is -0.141. The van der Waals surface area contributed by atoms with Crippen LogP contribution in [0.25, 0.3) is 16.6 Å². The second-order valence-electron chi connectivity index (χ2n) is 10.8. The van der Waals surface area contributed by atoms with Crippen molar-refractivity contribution >= 4 is 85.8 Å². The van der Waals surface area contributed by atoms with Gasteiger partial charge in [-0.25, -0.2) is 37.1 Å². The highest BCUT2D eigenvalue weighted by molar-refractivity contribution is 7.89. The van der Waals surface area contributed by atoms with E-state index >= 15 is 0 Å². The first-order valence-electron chi connectivity index (χ1n) is 14.5. The van der Waals surface area contributed by atoms with Crippen molar-refractivity contribution < 1.29 is 47.4 Å². The molecule has 6 N–H and O–H groups in total. The van der Waals surface area contributed by atoms with E-state index < -0.39 is 51.7 Å². The van der Waals surface area contributed by atoms with Gasteiger partial charge >= 0.3 is 24.0 Å². The second-order valence-corrected chi connectivity index (χ2v) is 13.0. The molecule has 22 heteroatoms. The Kier molecular flexibility index (Phi) is 10.5. The van der Waals surface area contributed by atoms with E-state index in [-0.39, 0.29) is 51.4 Å². The molecule has 0 bridgehead atoms. The summed E-state index contributed by atoms with van der Waals surface area (Å²) in [6, 6.07) is 12.6. The highest BCUT2D eigenvalue weighted by Gasteiger charge is 2.32. The molecular formula is C30H25ClN10O10S. The van der Waals surface area contributed by atoms with Gasteiger partial charge in [0.2, 0.25) is 22.2 Å². The minimum Gasteiger partial charge on any atom is -0.477 e. The summed E-state index contributed by atoms with van der Waals surface area (Å²) in [7, 11) is -3.84. The van der Waals surface area contributed by atoms with Crippen molar-refractivity contribution in [1.82, 2.24) is 34.5 Å². The SMILES string of the molecule is CS(=O)(=O)NC(=O)Nc1ccc(CC(C(=O)Nc2ccc3c(c2)cc(C(=O)O)n3C(=O)O)N(Nc2cc(Cl)ccc2-n2cnnn2)C(=O)C=O)cc1. The van der Waals surface area contributed by atoms with Gasteiger partial charge in [0.15, 0.2) is 0 Å². The molecule has 20 nitrogen and oxygen atoms in total. The lowest BCUT2D eigenvalue weighted by atomic mass is 10.0. The van der Waals surface area contributed by atoms with Gasteiger partial charge in [-0.05, 0) is 70.6 Å². The molecule has 2 aromatic heterocycles. The van der Waals surface area contributed by atoms with E-state index in [4.69, 9.17) is 11.6 Å². The number of aldehydes is 1. The predicted molar refractivity (Wildman–Crippen MR) is 183 cm³/mol. The van der Waals surface area contributed by atoms with Crippen LogP contribution in [-0.2, 0) is 30.8 Å². The number of anilines is 3. The number of hydrazine groups is 1. The molecule has 0 aliphatic rings. The molecule has 5 rings (SSSR count). The van der Waals surface area contributed by atoms with Crippen LogP contribution in [0.3, 0.4) is 0 Å². The smallest absolute Gasteiger partial charge is 0.416 e. The van der Waals surface area contributed by atoms with E-state index in [0.717, 1.165) is 17.3 Å². The number of rotatable bonds is 12. The van der Waals surface area contributed by atoms with Crippen LogP contribution in [0.1, 0.15) is 16.1 Å². The van der Waals surface area contributed by atoms with Crippen LogP contribution < -0.4 is 20.8 Å². The van der Waals surface area contributed by atoms with Crippen LogP contribution in [-0.4, -0.2) is 96.9 Å². The molecule has 268 valence electrons. The van der Waals surface area contributed by atoms with Crippen LogP contribution >= 0.6 is 11.6 Å². The molecular weight excluding hydrogens is 728 g/mol. The Morgan fingerprint density at radius 3 is 2.29 bits per heavy atom. The summed E-state index contributed by atoms with van der Waals surface area (Å²) in [6.45, 7) is 0. The molecule has 3 aromatic carbocycles. The Hall–Kier alpha value is -6.87. The van der Waals surface area contributed by atoms with Crippen molar-refractivity contribution in [2.45, 2.75) is 12.5 Å². The number of aromatic nitrogens is 5. The fourth-order valence-electron chi connectivity index (χ4n) is 5.00. The average molecular weight is 753 g/mol. The van der Waals surface area contributed by atoms with Crippen LogP contribution in [0.4, 0.5) is 26.7 Å². The normalized spacial score (nSPS) is 11.7. The van der Waals surface area contributed by atoms with Crippen molar-refractivity contribution in [1.29, 1.82) is 0 Å². The fourth-order valence-corrected chi connectivity index (χ4v) is 5.56. The number of carboxylic acid groups (broad SMARTS) is 2. The van der Waals surface area contributed by atoms with Crippen LogP contribution in [0, 0.1) is 0 Å². The molecule has 1 unspecified atom stereocenters. The first-order chi connectivity index (χ1) is 24.6. The maximum absolute atomic E-state index is 14.1. The molecule has 52 heavy (non-hydrogen) atoms. The highest BCUT2D eigenvalue weighted by atomic mass is 35.5. The molecule has 2 heterocycles. The number of hydrogen-bond donors (Lipinski definition) is 6. The van der Waals surface area contributed by atoms with Gasteiger partial charge in [0.1, 0.15) is 18.1 Å². The summed E-state index contributed by atoms with van der Waals surface area (Å²) >= 11 is 6.24. The predicted octanol–water partition coefficient (Wildman–Crippen LogP) is 2.18. The van der Waals surface area contributed by atoms with Crippen LogP contribution in [0.15, 0.2) is 73.1 Å². The Morgan fingerprint density at radius 1 is 0.962 bits per heavy atom. The van der Waals surface area contributed by atoms with Gasteiger partial charge in [0.25, 0.3) is 0 Å². The van der Waals surface area contributed by atoms with Gasteiger partial charge in [0.05, 0.1) is 23.1 Å². The molecule has 0 aliphatic carbocycles. The van der Waals surface area contributed by atoms with Gasteiger partial charge in [-0.1, -0.05) is 23.7 Å². The first-order valence-corrected chi connectivity index (χ1v) is 16.8. The number of amides is 4. The number of nitrogens with zero attached hydrogens (tertiary/aromatic N) is 6. The quantitative estimate of drug-likeness (QED) is 0.0606. The standard InChI is InChI=1S/C30H25ClN10O10S/c1-52(50,51)36-29(47)34-19-5-2-16(3-6-19)10-24(27(44)33-20-7-9-22-17(11-20)12-25(28(45)46)40(22)30(48)49)41(26(43)14-42)35-21-13-18(31)4-8-23(21)39-15-32-37-38-39/h2-9,11-15,24,35H,10H2,1H3,(H,33,44)(H,45,46)(H,48,49)(H2,34,36,47). The van der Waals surface area contributed by atoms with Crippen molar-refractivity contribution in [2.75, 3.05) is 22.3 Å². The summed E-state index contributed by atoms with van der Waals surface area (Å²) in [4.78, 5) is 74.8. The summed E-state index contributed by atoms with van der Waals surface area (Å²) < 4.78 is 26.3. The molecule has 0 aliphatic heterocycles. The minimum absolute atomic E-state index is 0.0221. The first kappa shape index (κ1) is 36.4. The molecule has 0 spiro atoms. The van der Waals surface area contributed by atoms with E-state index in [2.05, 4.69) is 31.6 Å². The Balaban J connectivity index is 1.52. The number of fused-ring (bicyclic) bond motifs is 1. The van der Waals surface area contributed by atoms with Gasteiger partial charge in [0, 0.05) is 28.2 Å². The largest absolute Gasteiger partial charge is 0.477 e. The Morgan fingerprint density at radius 2 is 1.67 bits per heavy atom. The van der Waals surface area contributed by atoms with Gasteiger partial charge in [-0.15, -0.1) is 5.10 Å². The monoisotopic (exact) mass is 752 g/mol. The second kappa shape index (κ2) is 14.9.